The molecule has 1 heterocycles. The Morgan fingerprint density at radius 2 is 1.81 bits per heavy atom. The Bertz CT molecular complexity index is 791. The number of nitriles is 1. The van der Waals surface area contributed by atoms with Gasteiger partial charge >= 0.3 is 0 Å². The van der Waals surface area contributed by atoms with Crippen LogP contribution in [0.3, 0.4) is 0 Å². The molecule has 0 aliphatic carbocycles. The topological polar surface area (TPSA) is 61.2 Å². The van der Waals surface area contributed by atoms with E-state index in [2.05, 4.69) is 0 Å². The van der Waals surface area contributed by atoms with Crippen molar-refractivity contribution in [2.24, 2.45) is 0 Å². The molecule has 0 radical (unpaired) electrons. The Labute approximate surface area is 120 Å². The van der Waals surface area contributed by atoms with Crippen LogP contribution < -0.4 is 4.90 Å². The fourth-order valence-corrected chi connectivity index (χ4v) is 2.29. The second kappa shape index (κ2) is 4.84. The van der Waals surface area contributed by atoms with Crippen LogP contribution in [0.25, 0.3) is 0 Å². The summed E-state index contributed by atoms with van der Waals surface area (Å²) in [5, 5.41) is 8.75. The molecule has 21 heavy (non-hydrogen) atoms. The molecule has 0 N–H and O–H groups in total. The summed E-state index contributed by atoms with van der Waals surface area (Å²) in [6, 6.07) is 12.3. The summed E-state index contributed by atoms with van der Waals surface area (Å²) in [7, 11) is 0. The molecule has 0 unspecified atom stereocenters. The SMILES string of the molecule is N#Cc1ccc(CN2C(=O)C(=O)c3ccc(F)cc32)cc1. The lowest BCUT2D eigenvalue weighted by atomic mass is 10.1. The van der Waals surface area contributed by atoms with Crippen molar-refractivity contribution in [2.45, 2.75) is 6.54 Å². The first-order chi connectivity index (χ1) is 10.1. The van der Waals surface area contributed by atoms with Gasteiger partial charge in [0.1, 0.15) is 5.82 Å². The molecule has 2 aromatic rings. The lowest BCUT2D eigenvalue weighted by Gasteiger charge is -2.16. The van der Waals surface area contributed by atoms with Crippen molar-refractivity contribution in [1.29, 1.82) is 5.26 Å². The van der Waals surface area contributed by atoms with Gasteiger partial charge < -0.3 is 4.90 Å². The van der Waals surface area contributed by atoms with Gasteiger partial charge in [-0.05, 0) is 35.9 Å². The molecule has 0 fully saturated rings. The minimum atomic E-state index is -0.667. The number of carbonyl (C=O) groups is 2. The first kappa shape index (κ1) is 13.0. The number of rotatable bonds is 2. The molecule has 0 aromatic heterocycles. The summed E-state index contributed by atoms with van der Waals surface area (Å²) < 4.78 is 13.3. The van der Waals surface area contributed by atoms with Gasteiger partial charge in [0.15, 0.2) is 0 Å². The van der Waals surface area contributed by atoms with Gasteiger partial charge in [-0.25, -0.2) is 4.39 Å². The Morgan fingerprint density at radius 1 is 1.10 bits per heavy atom. The largest absolute Gasteiger partial charge is 0.300 e. The Morgan fingerprint density at radius 3 is 2.48 bits per heavy atom. The minimum Gasteiger partial charge on any atom is -0.300 e. The molecule has 0 spiro atoms. The first-order valence-electron chi connectivity index (χ1n) is 6.25. The van der Waals surface area contributed by atoms with Gasteiger partial charge in [0.05, 0.1) is 29.4 Å². The normalized spacial score (nSPS) is 13.2. The van der Waals surface area contributed by atoms with Crippen molar-refractivity contribution in [2.75, 3.05) is 4.90 Å². The molecule has 0 atom stereocenters. The van der Waals surface area contributed by atoms with Crippen LogP contribution in [0.15, 0.2) is 42.5 Å². The summed E-state index contributed by atoms with van der Waals surface area (Å²) in [6.07, 6.45) is 0. The standard InChI is InChI=1S/C16H9FN2O2/c17-12-5-6-13-14(7-12)19(16(21)15(13)20)9-11-3-1-10(8-18)2-4-11/h1-7H,9H2. The monoisotopic (exact) mass is 280 g/mol. The predicted molar refractivity (Wildman–Crippen MR) is 73.1 cm³/mol. The molecule has 0 saturated carbocycles. The number of anilines is 1. The van der Waals surface area contributed by atoms with Crippen LogP contribution in [0.4, 0.5) is 10.1 Å². The van der Waals surface area contributed by atoms with E-state index >= 15 is 0 Å². The highest BCUT2D eigenvalue weighted by Gasteiger charge is 2.35. The molecule has 2 aromatic carbocycles. The number of Topliss-reactive ketones (excluding diaryl/α,β-unsaturated/α-hetero) is 1. The maximum absolute atomic E-state index is 13.3. The van der Waals surface area contributed by atoms with Crippen molar-refractivity contribution < 1.29 is 14.0 Å². The number of amides is 1. The number of benzene rings is 2. The zero-order valence-corrected chi connectivity index (χ0v) is 10.8. The van der Waals surface area contributed by atoms with Gasteiger partial charge in [0.25, 0.3) is 11.7 Å². The van der Waals surface area contributed by atoms with Crippen LogP contribution >= 0.6 is 0 Å². The number of fused-ring (bicyclic) bond motifs is 1. The minimum absolute atomic E-state index is 0.159. The first-order valence-corrected chi connectivity index (χ1v) is 6.25. The summed E-state index contributed by atoms with van der Waals surface area (Å²) in [4.78, 5) is 25.1. The van der Waals surface area contributed by atoms with Crippen molar-refractivity contribution >= 4 is 17.4 Å². The van der Waals surface area contributed by atoms with E-state index in [0.717, 1.165) is 11.6 Å². The third-order valence-corrected chi connectivity index (χ3v) is 3.36. The maximum Gasteiger partial charge on any atom is 0.299 e. The van der Waals surface area contributed by atoms with E-state index in [9.17, 15) is 14.0 Å². The van der Waals surface area contributed by atoms with Crippen LogP contribution in [0.5, 0.6) is 0 Å². The van der Waals surface area contributed by atoms with Gasteiger partial charge in [-0.2, -0.15) is 5.26 Å². The molecule has 1 aliphatic heterocycles. The van der Waals surface area contributed by atoms with E-state index in [-0.39, 0.29) is 17.8 Å². The third kappa shape index (κ3) is 2.17. The summed E-state index contributed by atoms with van der Waals surface area (Å²) >= 11 is 0. The van der Waals surface area contributed by atoms with Gasteiger partial charge in [0.2, 0.25) is 0 Å². The Balaban J connectivity index is 1.96. The van der Waals surface area contributed by atoms with Crippen molar-refractivity contribution in [3.8, 4) is 6.07 Å². The van der Waals surface area contributed by atoms with E-state index in [1.807, 2.05) is 6.07 Å². The highest BCUT2D eigenvalue weighted by Crippen LogP contribution is 2.30. The molecule has 5 heteroatoms. The highest BCUT2D eigenvalue weighted by molar-refractivity contribution is 6.52. The van der Waals surface area contributed by atoms with Crippen molar-refractivity contribution in [1.82, 2.24) is 0 Å². The summed E-state index contributed by atoms with van der Waals surface area (Å²) in [5.41, 5.74) is 1.77. The average molecular weight is 280 g/mol. The predicted octanol–water partition coefficient (Wildman–Crippen LogP) is 2.43. The highest BCUT2D eigenvalue weighted by atomic mass is 19.1. The van der Waals surface area contributed by atoms with E-state index in [0.29, 0.717) is 5.56 Å². The van der Waals surface area contributed by atoms with Gasteiger partial charge in [-0.1, -0.05) is 12.1 Å². The number of halogens is 1. The van der Waals surface area contributed by atoms with E-state index < -0.39 is 17.5 Å². The zero-order valence-electron chi connectivity index (χ0n) is 10.8. The summed E-state index contributed by atoms with van der Waals surface area (Å²) in [5.74, 6) is -1.79. The number of nitrogens with zero attached hydrogens (tertiary/aromatic N) is 2. The summed E-state index contributed by atoms with van der Waals surface area (Å²) in [6.45, 7) is 0.159. The molecule has 102 valence electrons. The number of ketones is 1. The third-order valence-electron chi connectivity index (χ3n) is 3.36. The number of hydrogen-bond acceptors (Lipinski definition) is 3. The lowest BCUT2D eigenvalue weighted by Crippen LogP contribution is -2.29. The molecule has 0 saturated heterocycles. The molecule has 1 aliphatic rings. The van der Waals surface area contributed by atoms with Crippen LogP contribution in [0.1, 0.15) is 21.5 Å². The fraction of sp³-hybridized carbons (Fsp3) is 0.0625. The molecule has 0 bridgehead atoms. The van der Waals surface area contributed by atoms with Crippen LogP contribution in [0, 0.1) is 17.1 Å². The van der Waals surface area contributed by atoms with Gasteiger partial charge in [0, 0.05) is 0 Å². The van der Waals surface area contributed by atoms with E-state index in [1.54, 1.807) is 24.3 Å². The number of hydrogen-bond donors (Lipinski definition) is 0. The van der Waals surface area contributed by atoms with Crippen LogP contribution in [-0.4, -0.2) is 11.7 Å². The molecule has 4 nitrogen and oxygen atoms in total. The zero-order chi connectivity index (χ0) is 15.0. The van der Waals surface area contributed by atoms with E-state index in [4.69, 9.17) is 5.26 Å². The Kier molecular flexibility index (Phi) is 2.99. The van der Waals surface area contributed by atoms with Crippen molar-refractivity contribution in [3.63, 3.8) is 0 Å². The Hall–Kier alpha value is -3.00. The van der Waals surface area contributed by atoms with Gasteiger partial charge in [-0.15, -0.1) is 0 Å². The second-order valence-electron chi connectivity index (χ2n) is 4.69. The number of carbonyl (C=O) groups excluding carboxylic acids is 2. The average Bonchev–Trinajstić information content (AvgIpc) is 2.73. The molecule has 1 amide bonds. The van der Waals surface area contributed by atoms with E-state index in [1.165, 1.54) is 17.0 Å². The van der Waals surface area contributed by atoms with Gasteiger partial charge in [-0.3, -0.25) is 9.59 Å². The maximum atomic E-state index is 13.3. The smallest absolute Gasteiger partial charge is 0.299 e. The molecular weight excluding hydrogens is 271 g/mol. The fourth-order valence-electron chi connectivity index (χ4n) is 2.29. The molecule has 3 rings (SSSR count). The van der Waals surface area contributed by atoms with Crippen LogP contribution in [0.2, 0.25) is 0 Å². The van der Waals surface area contributed by atoms with Crippen molar-refractivity contribution in [3.05, 3.63) is 65.0 Å². The second-order valence-corrected chi connectivity index (χ2v) is 4.69. The lowest BCUT2D eigenvalue weighted by molar-refractivity contribution is -0.114. The molecular formula is C16H9FN2O2. The quantitative estimate of drug-likeness (QED) is 0.794. The van der Waals surface area contributed by atoms with Crippen LogP contribution in [-0.2, 0) is 11.3 Å².